The lowest BCUT2D eigenvalue weighted by atomic mass is 10.1. The molecule has 0 aliphatic carbocycles. The normalized spacial score (nSPS) is 14.5. The monoisotopic (exact) mass is 480 g/mol. The summed E-state index contributed by atoms with van der Waals surface area (Å²) in [5.41, 5.74) is 7.77. The average molecular weight is 481 g/mol. The van der Waals surface area contributed by atoms with E-state index in [1.807, 2.05) is 30.3 Å². The first-order valence-corrected chi connectivity index (χ1v) is 11.7. The molecule has 0 unspecified atom stereocenters. The molecule has 1 aliphatic heterocycles. The van der Waals surface area contributed by atoms with E-state index >= 15 is 0 Å². The van der Waals surface area contributed by atoms with E-state index in [1.54, 1.807) is 12.1 Å². The minimum Gasteiger partial charge on any atom is -0.437 e. The highest BCUT2D eigenvalue weighted by Crippen LogP contribution is 2.40. The number of hydrogen-bond donors (Lipinski definition) is 1. The molecule has 0 bridgehead atoms. The van der Waals surface area contributed by atoms with Crippen LogP contribution < -0.4 is 10.5 Å². The van der Waals surface area contributed by atoms with Gasteiger partial charge >= 0.3 is 0 Å². The number of carbonyl (C=O) groups is 1. The van der Waals surface area contributed by atoms with Crippen LogP contribution in [-0.4, -0.2) is 47.1 Å². The molecule has 2 aromatic heterocycles. The molecule has 2 aromatic carbocycles. The summed E-state index contributed by atoms with van der Waals surface area (Å²) < 4.78 is 11.7. The maximum Gasteiger partial charge on any atom is 0.252 e. The third kappa shape index (κ3) is 4.69. The van der Waals surface area contributed by atoms with Crippen molar-refractivity contribution in [2.45, 2.75) is 6.54 Å². The first-order chi connectivity index (χ1) is 16.1. The Morgan fingerprint density at radius 2 is 1.94 bits per heavy atom. The van der Waals surface area contributed by atoms with Gasteiger partial charge in [0.15, 0.2) is 0 Å². The quantitative estimate of drug-likeness (QED) is 0.429. The van der Waals surface area contributed by atoms with E-state index in [-0.39, 0.29) is 5.56 Å². The Labute approximate surface area is 199 Å². The summed E-state index contributed by atoms with van der Waals surface area (Å²) in [5.74, 6) is 0.706. The Balaban J connectivity index is 1.62. The molecular weight excluding hydrogens is 460 g/mol. The molecule has 0 radical (unpaired) electrons. The predicted molar refractivity (Wildman–Crippen MR) is 129 cm³/mol. The van der Waals surface area contributed by atoms with Crippen LogP contribution in [0, 0.1) is 0 Å². The molecule has 0 saturated carbocycles. The van der Waals surface area contributed by atoms with E-state index in [2.05, 4.69) is 10.3 Å². The zero-order valence-electron chi connectivity index (χ0n) is 17.7. The number of nitrogens with two attached hydrogens (primary N) is 1. The molecule has 1 saturated heterocycles. The number of hydrogen-bond acceptors (Lipinski definition) is 7. The number of fused-ring (bicyclic) bond motifs is 1. The second-order valence-corrected chi connectivity index (χ2v) is 8.93. The number of aromatic nitrogens is 2. The SMILES string of the molecule is NC(=O)c1cc(Cl)ccc1Oc1nc(CN2CCOCC2)nc2scc(-c3ccccc3)c12. The van der Waals surface area contributed by atoms with Crippen LogP contribution in [0.15, 0.2) is 53.9 Å². The lowest BCUT2D eigenvalue weighted by Crippen LogP contribution is -2.36. The Kier molecular flexibility index (Phi) is 6.24. The fourth-order valence-corrected chi connectivity index (χ4v) is 4.90. The highest BCUT2D eigenvalue weighted by molar-refractivity contribution is 7.17. The predicted octanol–water partition coefficient (Wildman–Crippen LogP) is 4.74. The fourth-order valence-electron chi connectivity index (χ4n) is 3.77. The topological polar surface area (TPSA) is 90.6 Å². The van der Waals surface area contributed by atoms with Gasteiger partial charge in [0.1, 0.15) is 16.4 Å². The van der Waals surface area contributed by atoms with Crippen LogP contribution in [0.1, 0.15) is 16.2 Å². The van der Waals surface area contributed by atoms with Crippen molar-refractivity contribution in [2.24, 2.45) is 5.73 Å². The molecule has 1 amide bonds. The lowest BCUT2D eigenvalue weighted by Gasteiger charge is -2.25. The van der Waals surface area contributed by atoms with Crippen molar-refractivity contribution in [3.63, 3.8) is 0 Å². The van der Waals surface area contributed by atoms with Crippen molar-refractivity contribution in [2.75, 3.05) is 26.3 Å². The van der Waals surface area contributed by atoms with Gasteiger partial charge in [-0.25, -0.2) is 4.98 Å². The number of ether oxygens (including phenoxy) is 2. The number of halogens is 1. The van der Waals surface area contributed by atoms with Crippen LogP contribution in [0.2, 0.25) is 5.02 Å². The van der Waals surface area contributed by atoms with Gasteiger partial charge in [-0.1, -0.05) is 41.9 Å². The molecule has 0 atom stereocenters. The second-order valence-electron chi connectivity index (χ2n) is 7.64. The second kappa shape index (κ2) is 9.44. The minimum atomic E-state index is -0.625. The number of primary amides is 1. The van der Waals surface area contributed by atoms with Gasteiger partial charge in [0.25, 0.3) is 5.91 Å². The summed E-state index contributed by atoms with van der Waals surface area (Å²) >= 11 is 7.61. The van der Waals surface area contributed by atoms with Crippen LogP contribution >= 0.6 is 22.9 Å². The van der Waals surface area contributed by atoms with Crippen LogP contribution in [-0.2, 0) is 11.3 Å². The van der Waals surface area contributed by atoms with Crippen molar-refractivity contribution in [1.82, 2.24) is 14.9 Å². The molecule has 7 nitrogen and oxygen atoms in total. The van der Waals surface area contributed by atoms with Crippen LogP contribution in [0.4, 0.5) is 0 Å². The van der Waals surface area contributed by atoms with Crippen molar-refractivity contribution in [1.29, 1.82) is 0 Å². The fraction of sp³-hybridized carbons (Fsp3) is 0.208. The van der Waals surface area contributed by atoms with Crippen LogP contribution in [0.25, 0.3) is 21.3 Å². The van der Waals surface area contributed by atoms with E-state index in [0.29, 0.717) is 42.2 Å². The van der Waals surface area contributed by atoms with E-state index in [9.17, 15) is 4.79 Å². The first kappa shape index (κ1) is 21.8. The molecule has 4 aromatic rings. The van der Waals surface area contributed by atoms with Crippen LogP contribution in [0.5, 0.6) is 11.6 Å². The summed E-state index contributed by atoms with van der Waals surface area (Å²) in [6, 6.07) is 14.8. The molecule has 1 aliphatic rings. The van der Waals surface area contributed by atoms with Gasteiger partial charge in [-0.3, -0.25) is 9.69 Å². The zero-order chi connectivity index (χ0) is 22.8. The maximum atomic E-state index is 12.0. The van der Waals surface area contributed by atoms with E-state index in [1.165, 1.54) is 17.4 Å². The van der Waals surface area contributed by atoms with E-state index in [4.69, 9.17) is 36.8 Å². The van der Waals surface area contributed by atoms with Crippen molar-refractivity contribution < 1.29 is 14.3 Å². The summed E-state index contributed by atoms with van der Waals surface area (Å²) in [7, 11) is 0. The molecular formula is C24H21ClN4O3S. The molecule has 9 heteroatoms. The van der Waals surface area contributed by atoms with Gasteiger partial charge < -0.3 is 15.2 Å². The van der Waals surface area contributed by atoms with Gasteiger partial charge in [0.05, 0.1) is 30.7 Å². The Bertz CT molecular complexity index is 1310. The van der Waals surface area contributed by atoms with E-state index < -0.39 is 5.91 Å². The molecule has 1 fully saturated rings. The van der Waals surface area contributed by atoms with Gasteiger partial charge in [0.2, 0.25) is 5.88 Å². The summed E-state index contributed by atoms with van der Waals surface area (Å²) in [4.78, 5) is 24.7. The highest BCUT2D eigenvalue weighted by atomic mass is 35.5. The summed E-state index contributed by atoms with van der Waals surface area (Å²) in [6.07, 6.45) is 0. The lowest BCUT2D eigenvalue weighted by molar-refractivity contribution is 0.0330. The standard InChI is InChI=1S/C24H21ClN4O3S/c25-16-6-7-19(17(12-16)22(26)30)32-23-21-18(15-4-2-1-3-5-15)14-33-24(21)28-20(27-23)13-29-8-10-31-11-9-29/h1-7,12,14H,8-11,13H2,(H2,26,30). The Hall–Kier alpha value is -3.04. The molecule has 168 valence electrons. The number of morpholine rings is 1. The van der Waals surface area contributed by atoms with Gasteiger partial charge in [-0.15, -0.1) is 11.3 Å². The van der Waals surface area contributed by atoms with Gasteiger partial charge in [-0.2, -0.15) is 4.98 Å². The molecule has 2 N–H and O–H groups in total. The number of thiophene rings is 1. The third-order valence-electron chi connectivity index (χ3n) is 5.41. The largest absolute Gasteiger partial charge is 0.437 e. The minimum absolute atomic E-state index is 0.195. The molecule has 33 heavy (non-hydrogen) atoms. The maximum absolute atomic E-state index is 12.0. The van der Waals surface area contributed by atoms with E-state index in [0.717, 1.165) is 34.4 Å². The number of rotatable bonds is 6. The summed E-state index contributed by atoms with van der Waals surface area (Å²) in [6.45, 7) is 3.60. The smallest absolute Gasteiger partial charge is 0.252 e. The third-order valence-corrected chi connectivity index (χ3v) is 6.52. The van der Waals surface area contributed by atoms with Gasteiger partial charge in [0, 0.05) is 29.1 Å². The number of benzene rings is 2. The Morgan fingerprint density at radius 1 is 1.15 bits per heavy atom. The first-order valence-electron chi connectivity index (χ1n) is 10.5. The number of nitrogens with zero attached hydrogens (tertiary/aromatic N) is 3. The highest BCUT2D eigenvalue weighted by Gasteiger charge is 2.21. The molecule has 3 heterocycles. The van der Waals surface area contributed by atoms with Crippen molar-refractivity contribution >= 4 is 39.1 Å². The van der Waals surface area contributed by atoms with Gasteiger partial charge in [-0.05, 0) is 23.8 Å². The average Bonchev–Trinajstić information content (AvgIpc) is 3.25. The number of carbonyl (C=O) groups excluding carboxylic acids is 1. The zero-order valence-corrected chi connectivity index (χ0v) is 19.2. The Morgan fingerprint density at radius 3 is 2.70 bits per heavy atom. The molecule has 5 rings (SSSR count). The molecule has 0 spiro atoms. The van der Waals surface area contributed by atoms with Crippen molar-refractivity contribution in [3.05, 3.63) is 70.3 Å². The number of amides is 1. The summed E-state index contributed by atoms with van der Waals surface area (Å²) in [5, 5.41) is 3.25. The van der Waals surface area contributed by atoms with Crippen LogP contribution in [0.3, 0.4) is 0 Å². The van der Waals surface area contributed by atoms with Crippen molar-refractivity contribution in [3.8, 4) is 22.8 Å².